The van der Waals surface area contributed by atoms with E-state index >= 15 is 0 Å². The highest BCUT2D eigenvalue weighted by Gasteiger charge is 1.98. The van der Waals surface area contributed by atoms with Crippen molar-refractivity contribution in [3.05, 3.63) is 24.3 Å². The van der Waals surface area contributed by atoms with Gasteiger partial charge in [0.15, 0.2) is 0 Å². The molecule has 16 heavy (non-hydrogen) atoms. The van der Waals surface area contributed by atoms with Crippen LogP contribution in [0.5, 0.6) is 0 Å². The molecule has 0 radical (unpaired) electrons. The van der Waals surface area contributed by atoms with E-state index in [2.05, 4.69) is 42.8 Å². The maximum absolute atomic E-state index is 5.50. The average molecular weight is 239 g/mol. The molecule has 90 valence electrons. The van der Waals surface area contributed by atoms with Gasteiger partial charge >= 0.3 is 0 Å². The van der Waals surface area contributed by atoms with Crippen molar-refractivity contribution in [3.63, 3.8) is 0 Å². The fourth-order valence-electron chi connectivity index (χ4n) is 1.40. The fraction of sp³-hybridized carbons (Fsp3) is 0.538. The van der Waals surface area contributed by atoms with Crippen molar-refractivity contribution < 1.29 is 4.74 Å². The van der Waals surface area contributed by atoms with Gasteiger partial charge in [0.25, 0.3) is 0 Å². The molecule has 0 amide bonds. The molecule has 0 spiro atoms. The Balaban J connectivity index is 2.21. The highest BCUT2D eigenvalue weighted by molar-refractivity contribution is 7.98. The Morgan fingerprint density at radius 1 is 1.25 bits per heavy atom. The number of ether oxygens (including phenoxy) is 1. The standard InChI is InChI=1S/C13H21NOS/c1-3-4-10-15-11-9-14-12-7-5-6-8-13(12)16-2/h5-8,14H,3-4,9-11H2,1-2H3. The number of unbranched alkanes of at least 4 members (excludes halogenated alkanes) is 1. The summed E-state index contributed by atoms with van der Waals surface area (Å²) >= 11 is 1.76. The highest BCUT2D eigenvalue weighted by atomic mass is 32.2. The molecule has 2 nitrogen and oxygen atoms in total. The Morgan fingerprint density at radius 3 is 2.81 bits per heavy atom. The van der Waals surface area contributed by atoms with Crippen molar-refractivity contribution in [2.45, 2.75) is 24.7 Å². The predicted octanol–water partition coefficient (Wildman–Crippen LogP) is 3.64. The van der Waals surface area contributed by atoms with Crippen LogP contribution in [0.25, 0.3) is 0 Å². The molecular weight excluding hydrogens is 218 g/mol. The zero-order valence-corrected chi connectivity index (χ0v) is 11.0. The summed E-state index contributed by atoms with van der Waals surface area (Å²) < 4.78 is 5.50. The molecule has 0 unspecified atom stereocenters. The number of nitrogens with one attached hydrogen (secondary N) is 1. The van der Waals surface area contributed by atoms with Crippen LogP contribution in [0.15, 0.2) is 29.2 Å². The van der Waals surface area contributed by atoms with Gasteiger partial charge < -0.3 is 10.1 Å². The van der Waals surface area contributed by atoms with Crippen LogP contribution in [0.4, 0.5) is 5.69 Å². The molecule has 0 saturated carbocycles. The van der Waals surface area contributed by atoms with E-state index in [0.717, 1.165) is 26.2 Å². The van der Waals surface area contributed by atoms with Crippen LogP contribution in [0.3, 0.4) is 0 Å². The van der Waals surface area contributed by atoms with Crippen LogP contribution >= 0.6 is 11.8 Å². The van der Waals surface area contributed by atoms with Crippen LogP contribution < -0.4 is 5.32 Å². The molecule has 1 aromatic rings. The van der Waals surface area contributed by atoms with Gasteiger partial charge in [-0.15, -0.1) is 11.8 Å². The van der Waals surface area contributed by atoms with Crippen LogP contribution in [0, 0.1) is 0 Å². The molecule has 1 rings (SSSR count). The van der Waals surface area contributed by atoms with E-state index in [1.807, 2.05) is 0 Å². The lowest BCUT2D eigenvalue weighted by atomic mass is 10.3. The Bertz CT molecular complexity index is 291. The van der Waals surface area contributed by atoms with Crippen LogP contribution in [-0.2, 0) is 4.74 Å². The molecule has 0 aliphatic carbocycles. The van der Waals surface area contributed by atoms with Gasteiger partial charge in [-0.25, -0.2) is 0 Å². The highest BCUT2D eigenvalue weighted by Crippen LogP contribution is 2.24. The smallest absolute Gasteiger partial charge is 0.0639 e. The Hall–Kier alpha value is -0.670. The molecule has 0 atom stereocenters. The van der Waals surface area contributed by atoms with Crippen molar-refractivity contribution in [1.29, 1.82) is 0 Å². The molecule has 1 aromatic carbocycles. The minimum Gasteiger partial charge on any atom is -0.382 e. The molecule has 0 heterocycles. The van der Waals surface area contributed by atoms with Crippen molar-refractivity contribution >= 4 is 17.4 Å². The average Bonchev–Trinajstić information content (AvgIpc) is 2.34. The van der Waals surface area contributed by atoms with Gasteiger partial charge in [0, 0.05) is 23.7 Å². The van der Waals surface area contributed by atoms with Gasteiger partial charge in [-0.2, -0.15) is 0 Å². The van der Waals surface area contributed by atoms with Gasteiger partial charge in [-0.05, 0) is 24.8 Å². The number of anilines is 1. The van der Waals surface area contributed by atoms with E-state index in [4.69, 9.17) is 4.74 Å². The first-order chi connectivity index (χ1) is 7.88. The number of benzene rings is 1. The third-order valence-electron chi connectivity index (χ3n) is 2.31. The summed E-state index contributed by atoms with van der Waals surface area (Å²) in [6.07, 6.45) is 4.45. The lowest BCUT2D eigenvalue weighted by Gasteiger charge is -2.10. The summed E-state index contributed by atoms with van der Waals surface area (Å²) in [6, 6.07) is 8.36. The normalized spacial score (nSPS) is 10.4. The molecule has 0 bridgehead atoms. The fourth-order valence-corrected chi connectivity index (χ4v) is 1.97. The minimum absolute atomic E-state index is 0.780. The number of rotatable bonds is 8. The minimum atomic E-state index is 0.780. The molecule has 0 aliphatic rings. The number of para-hydroxylation sites is 1. The molecule has 3 heteroatoms. The summed E-state index contributed by atoms with van der Waals surface area (Å²) in [7, 11) is 0. The van der Waals surface area contributed by atoms with Gasteiger partial charge in [-0.3, -0.25) is 0 Å². The van der Waals surface area contributed by atoms with Crippen molar-refractivity contribution in [2.24, 2.45) is 0 Å². The van der Waals surface area contributed by atoms with Crippen molar-refractivity contribution in [3.8, 4) is 0 Å². The van der Waals surface area contributed by atoms with Crippen LogP contribution in [0.1, 0.15) is 19.8 Å². The quantitative estimate of drug-likeness (QED) is 0.553. The van der Waals surface area contributed by atoms with Gasteiger partial charge in [-0.1, -0.05) is 25.5 Å². The van der Waals surface area contributed by atoms with E-state index in [1.54, 1.807) is 11.8 Å². The first kappa shape index (κ1) is 13.4. The second-order valence-electron chi connectivity index (χ2n) is 3.59. The molecule has 0 fully saturated rings. The largest absolute Gasteiger partial charge is 0.382 e. The van der Waals surface area contributed by atoms with Crippen molar-refractivity contribution in [1.82, 2.24) is 0 Å². The van der Waals surface area contributed by atoms with E-state index in [1.165, 1.54) is 17.0 Å². The summed E-state index contributed by atoms with van der Waals surface area (Å²) in [5.41, 5.74) is 1.20. The summed E-state index contributed by atoms with van der Waals surface area (Å²) in [4.78, 5) is 1.29. The zero-order valence-electron chi connectivity index (χ0n) is 10.2. The SMILES string of the molecule is CCCCOCCNc1ccccc1SC. The number of thioether (sulfide) groups is 1. The Morgan fingerprint density at radius 2 is 2.06 bits per heavy atom. The first-order valence-corrected chi connectivity index (χ1v) is 7.05. The van der Waals surface area contributed by atoms with E-state index in [0.29, 0.717) is 0 Å². The topological polar surface area (TPSA) is 21.3 Å². The lowest BCUT2D eigenvalue weighted by Crippen LogP contribution is -2.10. The van der Waals surface area contributed by atoms with Crippen LogP contribution in [-0.4, -0.2) is 26.0 Å². The molecular formula is C13H21NOS. The Kier molecular flexibility index (Phi) is 7.10. The summed E-state index contributed by atoms with van der Waals surface area (Å²) in [5.74, 6) is 0. The second-order valence-corrected chi connectivity index (χ2v) is 4.44. The van der Waals surface area contributed by atoms with E-state index < -0.39 is 0 Å². The predicted molar refractivity (Wildman–Crippen MR) is 72.4 cm³/mol. The van der Waals surface area contributed by atoms with E-state index in [9.17, 15) is 0 Å². The second kappa shape index (κ2) is 8.48. The lowest BCUT2D eigenvalue weighted by molar-refractivity contribution is 0.141. The van der Waals surface area contributed by atoms with Gasteiger partial charge in [0.1, 0.15) is 0 Å². The van der Waals surface area contributed by atoms with Gasteiger partial charge in [0.05, 0.1) is 6.61 Å². The van der Waals surface area contributed by atoms with Crippen LogP contribution in [0.2, 0.25) is 0 Å². The number of hydrogen-bond donors (Lipinski definition) is 1. The van der Waals surface area contributed by atoms with Crippen molar-refractivity contribution in [2.75, 3.05) is 31.3 Å². The summed E-state index contributed by atoms with van der Waals surface area (Å²) in [5, 5.41) is 3.40. The molecule has 0 aliphatic heterocycles. The van der Waals surface area contributed by atoms with E-state index in [-0.39, 0.29) is 0 Å². The maximum Gasteiger partial charge on any atom is 0.0639 e. The summed E-state index contributed by atoms with van der Waals surface area (Å²) in [6.45, 7) is 4.71. The first-order valence-electron chi connectivity index (χ1n) is 5.83. The third kappa shape index (κ3) is 4.90. The molecule has 0 saturated heterocycles. The molecule has 0 aromatic heterocycles. The monoisotopic (exact) mass is 239 g/mol. The maximum atomic E-state index is 5.50. The number of hydrogen-bond acceptors (Lipinski definition) is 3. The van der Waals surface area contributed by atoms with Gasteiger partial charge in [0.2, 0.25) is 0 Å². The molecule has 1 N–H and O–H groups in total. The third-order valence-corrected chi connectivity index (χ3v) is 3.11. The Labute approximate surface area is 103 Å². The zero-order chi connectivity index (χ0) is 11.6.